The molecular weight excluding hydrogens is 330 g/mol. The van der Waals surface area contributed by atoms with Gasteiger partial charge < -0.3 is 9.88 Å². The predicted molar refractivity (Wildman–Crippen MR) is 99.4 cm³/mol. The first-order chi connectivity index (χ1) is 12.6. The molecule has 1 amide bonds. The monoisotopic (exact) mass is 349 g/mol. The van der Waals surface area contributed by atoms with Gasteiger partial charge in [-0.3, -0.25) is 14.2 Å². The van der Waals surface area contributed by atoms with E-state index in [2.05, 4.69) is 11.1 Å². The van der Waals surface area contributed by atoms with Crippen LogP contribution in [0, 0.1) is 0 Å². The van der Waals surface area contributed by atoms with Crippen LogP contribution in [0.3, 0.4) is 0 Å². The molecule has 26 heavy (non-hydrogen) atoms. The Bertz CT molecular complexity index is 1130. The van der Waals surface area contributed by atoms with Crippen molar-refractivity contribution in [2.75, 3.05) is 6.54 Å². The van der Waals surface area contributed by atoms with Crippen LogP contribution >= 0.6 is 0 Å². The third-order valence-electron chi connectivity index (χ3n) is 4.96. The Kier molecular flexibility index (Phi) is 3.95. The van der Waals surface area contributed by atoms with Crippen LogP contribution in [0.1, 0.15) is 28.4 Å². The molecule has 0 spiro atoms. The van der Waals surface area contributed by atoms with Gasteiger partial charge in [-0.2, -0.15) is 0 Å². The number of carbonyl (C=O) groups is 1. The number of benzene rings is 2. The van der Waals surface area contributed by atoms with Gasteiger partial charge in [-0.15, -0.1) is 0 Å². The summed E-state index contributed by atoms with van der Waals surface area (Å²) in [5.41, 5.74) is 2.51. The molecule has 0 aliphatic carbocycles. The van der Waals surface area contributed by atoms with E-state index in [1.807, 2.05) is 18.2 Å². The van der Waals surface area contributed by atoms with Gasteiger partial charge in [-0.1, -0.05) is 24.3 Å². The van der Waals surface area contributed by atoms with Crippen LogP contribution in [-0.4, -0.2) is 26.9 Å². The van der Waals surface area contributed by atoms with E-state index in [0.717, 1.165) is 16.6 Å². The number of nitrogens with zero attached hydrogens (tertiary/aromatic N) is 2. The normalized spacial score (nSPS) is 13.7. The minimum atomic E-state index is -0.457. The van der Waals surface area contributed by atoms with Gasteiger partial charge in [0.2, 0.25) is 0 Å². The summed E-state index contributed by atoms with van der Waals surface area (Å²) >= 11 is 0. The fourth-order valence-electron chi connectivity index (χ4n) is 3.53. The summed E-state index contributed by atoms with van der Waals surface area (Å²) in [6.07, 6.45) is 0.827. The maximum Gasteiger partial charge on any atom is 0.328 e. The smallest absolute Gasteiger partial charge is 0.328 e. The third-order valence-corrected chi connectivity index (χ3v) is 4.96. The second-order valence-corrected chi connectivity index (χ2v) is 6.49. The van der Waals surface area contributed by atoms with Crippen LogP contribution < -0.4 is 11.2 Å². The molecule has 4 rings (SSSR count). The molecule has 0 atom stereocenters. The molecule has 2 aromatic carbocycles. The van der Waals surface area contributed by atoms with Crippen LogP contribution in [0.5, 0.6) is 0 Å². The van der Waals surface area contributed by atoms with Gasteiger partial charge in [0.1, 0.15) is 0 Å². The van der Waals surface area contributed by atoms with E-state index in [1.165, 1.54) is 5.56 Å². The number of hydrogen-bond donors (Lipinski definition) is 1. The minimum Gasteiger partial charge on any atom is -0.334 e. The Hall–Kier alpha value is -3.15. The highest BCUT2D eigenvalue weighted by Crippen LogP contribution is 2.21. The lowest BCUT2D eigenvalue weighted by molar-refractivity contribution is 0.0735. The average molecular weight is 349 g/mol. The van der Waals surface area contributed by atoms with Crippen molar-refractivity contribution in [3.8, 4) is 0 Å². The van der Waals surface area contributed by atoms with Gasteiger partial charge in [-0.05, 0) is 42.7 Å². The molecule has 0 saturated carbocycles. The van der Waals surface area contributed by atoms with Gasteiger partial charge in [-0.25, -0.2) is 4.79 Å². The highest BCUT2D eigenvalue weighted by Gasteiger charge is 2.22. The van der Waals surface area contributed by atoms with Crippen molar-refractivity contribution in [2.24, 2.45) is 0 Å². The largest absolute Gasteiger partial charge is 0.334 e. The number of hydrogen-bond acceptors (Lipinski definition) is 3. The van der Waals surface area contributed by atoms with E-state index < -0.39 is 5.69 Å². The van der Waals surface area contributed by atoms with Crippen molar-refractivity contribution in [2.45, 2.75) is 26.4 Å². The molecular formula is C20H19N3O3. The molecule has 0 unspecified atom stereocenters. The van der Waals surface area contributed by atoms with Crippen molar-refractivity contribution in [1.82, 2.24) is 14.5 Å². The SMILES string of the molecule is CCn1c(=O)[nH]c2cc(C(=O)N3CCc4ccccc4C3)ccc2c1=O. The van der Waals surface area contributed by atoms with E-state index in [1.54, 1.807) is 30.0 Å². The molecule has 1 aromatic heterocycles. The highest BCUT2D eigenvalue weighted by molar-refractivity contribution is 5.97. The van der Waals surface area contributed by atoms with Gasteiger partial charge in [0.05, 0.1) is 10.9 Å². The lowest BCUT2D eigenvalue weighted by atomic mass is 9.99. The number of aromatic amines is 1. The zero-order chi connectivity index (χ0) is 18.3. The first kappa shape index (κ1) is 16.3. The van der Waals surface area contributed by atoms with Crippen molar-refractivity contribution >= 4 is 16.8 Å². The number of carbonyl (C=O) groups excluding carboxylic acids is 1. The number of rotatable bonds is 2. The first-order valence-electron chi connectivity index (χ1n) is 8.71. The van der Waals surface area contributed by atoms with Crippen molar-refractivity contribution < 1.29 is 4.79 Å². The standard InChI is InChI=1S/C20H19N3O3/c1-2-23-19(25)16-8-7-14(11-17(16)21-20(23)26)18(24)22-10-9-13-5-3-4-6-15(13)12-22/h3-8,11H,2,9-10,12H2,1H3,(H,21,26). The number of aromatic nitrogens is 2. The molecule has 1 N–H and O–H groups in total. The Morgan fingerprint density at radius 1 is 1.12 bits per heavy atom. The van der Waals surface area contributed by atoms with Crippen LogP contribution in [-0.2, 0) is 19.5 Å². The molecule has 6 nitrogen and oxygen atoms in total. The second kappa shape index (κ2) is 6.29. The molecule has 2 heterocycles. The van der Waals surface area contributed by atoms with Gasteiger partial charge in [0, 0.05) is 25.2 Å². The summed E-state index contributed by atoms with van der Waals surface area (Å²) in [7, 11) is 0. The Morgan fingerprint density at radius 3 is 2.65 bits per heavy atom. The lowest BCUT2D eigenvalue weighted by Crippen LogP contribution is -2.36. The minimum absolute atomic E-state index is 0.0954. The Balaban J connectivity index is 1.70. The topological polar surface area (TPSA) is 75.2 Å². The zero-order valence-electron chi connectivity index (χ0n) is 14.5. The summed E-state index contributed by atoms with van der Waals surface area (Å²) in [4.78, 5) is 41.8. The molecule has 0 radical (unpaired) electrons. The number of H-pyrrole nitrogens is 1. The molecule has 6 heteroatoms. The van der Waals surface area contributed by atoms with E-state index in [4.69, 9.17) is 0 Å². The highest BCUT2D eigenvalue weighted by atomic mass is 16.2. The van der Waals surface area contributed by atoms with Gasteiger partial charge in [0.25, 0.3) is 11.5 Å². The lowest BCUT2D eigenvalue weighted by Gasteiger charge is -2.29. The zero-order valence-corrected chi connectivity index (χ0v) is 14.5. The fourth-order valence-corrected chi connectivity index (χ4v) is 3.53. The van der Waals surface area contributed by atoms with E-state index in [0.29, 0.717) is 36.1 Å². The molecule has 132 valence electrons. The third kappa shape index (κ3) is 2.63. The number of nitrogens with one attached hydrogen (secondary N) is 1. The van der Waals surface area contributed by atoms with E-state index in [-0.39, 0.29) is 11.5 Å². The molecule has 0 saturated heterocycles. The van der Waals surface area contributed by atoms with Crippen molar-refractivity contribution in [3.05, 3.63) is 80.0 Å². The van der Waals surface area contributed by atoms with Crippen LogP contribution in [0.15, 0.2) is 52.1 Å². The van der Waals surface area contributed by atoms with E-state index in [9.17, 15) is 14.4 Å². The maximum atomic E-state index is 12.9. The van der Waals surface area contributed by atoms with Crippen LogP contribution in [0.4, 0.5) is 0 Å². The summed E-state index contributed by atoms with van der Waals surface area (Å²) in [6, 6.07) is 13.0. The molecule has 0 fully saturated rings. The number of fused-ring (bicyclic) bond motifs is 2. The molecule has 0 bridgehead atoms. The Labute approximate surface area is 149 Å². The molecule has 1 aliphatic rings. The van der Waals surface area contributed by atoms with Crippen LogP contribution in [0.25, 0.3) is 10.9 Å². The average Bonchev–Trinajstić information content (AvgIpc) is 2.67. The quantitative estimate of drug-likeness (QED) is 0.768. The summed E-state index contributed by atoms with van der Waals surface area (Å²) in [5.74, 6) is -0.0954. The summed E-state index contributed by atoms with van der Waals surface area (Å²) < 4.78 is 1.14. The Morgan fingerprint density at radius 2 is 1.88 bits per heavy atom. The molecule has 3 aromatic rings. The molecule has 1 aliphatic heterocycles. The first-order valence-corrected chi connectivity index (χ1v) is 8.71. The summed E-state index contributed by atoms with van der Waals surface area (Å²) in [6.45, 7) is 3.27. The predicted octanol–water partition coefficient (Wildman–Crippen LogP) is 1.91. The van der Waals surface area contributed by atoms with Gasteiger partial charge >= 0.3 is 5.69 Å². The second-order valence-electron chi connectivity index (χ2n) is 6.49. The van der Waals surface area contributed by atoms with Crippen molar-refractivity contribution in [1.29, 1.82) is 0 Å². The van der Waals surface area contributed by atoms with Gasteiger partial charge in [0.15, 0.2) is 0 Å². The fraction of sp³-hybridized carbons (Fsp3) is 0.250. The van der Waals surface area contributed by atoms with Crippen molar-refractivity contribution in [3.63, 3.8) is 0 Å². The summed E-state index contributed by atoms with van der Waals surface area (Å²) in [5, 5.41) is 0.409. The maximum absolute atomic E-state index is 12.9. The van der Waals surface area contributed by atoms with E-state index >= 15 is 0 Å². The van der Waals surface area contributed by atoms with Crippen LogP contribution in [0.2, 0.25) is 0 Å². The number of amides is 1.